The second-order valence-corrected chi connectivity index (χ2v) is 4.32. The maximum atomic E-state index is 11.4. The Balaban J connectivity index is 1.88. The van der Waals surface area contributed by atoms with Crippen molar-refractivity contribution in [2.45, 2.75) is 18.9 Å². The van der Waals surface area contributed by atoms with E-state index in [1.54, 1.807) is 0 Å². The summed E-state index contributed by atoms with van der Waals surface area (Å²) in [6, 6.07) is -1.34. The molecule has 1 atom stereocenters. The number of aliphatic carboxylic acids is 1. The van der Waals surface area contributed by atoms with Crippen LogP contribution in [0.3, 0.4) is 0 Å². The van der Waals surface area contributed by atoms with Gasteiger partial charge in [-0.15, -0.1) is 5.10 Å². The van der Waals surface area contributed by atoms with Gasteiger partial charge in [-0.1, -0.05) is 4.49 Å². The van der Waals surface area contributed by atoms with Gasteiger partial charge in [0.15, 0.2) is 0 Å². The Morgan fingerprint density at radius 1 is 1.56 bits per heavy atom. The number of hydrogen-bond acceptors (Lipinski definition) is 5. The molecule has 1 aromatic heterocycles. The van der Waals surface area contributed by atoms with Crippen LogP contribution in [0.5, 0.6) is 0 Å². The van der Waals surface area contributed by atoms with Gasteiger partial charge in [0.1, 0.15) is 11.0 Å². The Bertz CT molecular complexity index is 390. The van der Waals surface area contributed by atoms with Crippen LogP contribution in [0.1, 0.15) is 12.8 Å². The number of rotatable bonds is 4. The fourth-order valence-electron chi connectivity index (χ4n) is 1.32. The Morgan fingerprint density at radius 2 is 2.31 bits per heavy atom. The third kappa shape index (κ3) is 2.66. The fraction of sp³-hybridized carbons (Fsp3) is 0.500. The first kappa shape index (κ1) is 10.8. The fourth-order valence-corrected chi connectivity index (χ4v) is 1.74. The second-order valence-electron chi connectivity index (χ2n) is 3.53. The average Bonchev–Trinajstić information content (AvgIpc) is 2.94. The molecule has 2 amide bonds. The lowest BCUT2D eigenvalue weighted by molar-refractivity contribution is -0.139. The molecule has 0 saturated heterocycles. The Labute approximate surface area is 95.0 Å². The van der Waals surface area contributed by atoms with E-state index in [2.05, 4.69) is 20.2 Å². The molecule has 3 N–H and O–H groups in total. The predicted molar refractivity (Wildman–Crippen MR) is 56.2 cm³/mol. The molecular formula is C8H10N4O3S. The van der Waals surface area contributed by atoms with E-state index in [0.29, 0.717) is 5.00 Å². The molecular weight excluding hydrogens is 232 g/mol. The summed E-state index contributed by atoms with van der Waals surface area (Å²) < 4.78 is 3.57. The SMILES string of the molecule is O=C(Nc1cnns1)NC(C(=O)O)C1CC1. The van der Waals surface area contributed by atoms with Crippen LogP contribution >= 0.6 is 11.5 Å². The highest BCUT2D eigenvalue weighted by Gasteiger charge is 2.37. The van der Waals surface area contributed by atoms with Crippen LogP contribution in [0.15, 0.2) is 6.20 Å². The third-order valence-electron chi connectivity index (χ3n) is 2.24. The zero-order valence-corrected chi connectivity index (χ0v) is 9.03. The number of carbonyl (C=O) groups is 2. The number of carbonyl (C=O) groups excluding carboxylic acids is 1. The quantitative estimate of drug-likeness (QED) is 0.714. The summed E-state index contributed by atoms with van der Waals surface area (Å²) in [7, 11) is 0. The first-order valence-corrected chi connectivity index (χ1v) is 5.52. The van der Waals surface area contributed by atoms with Crippen LogP contribution in [0.25, 0.3) is 0 Å². The van der Waals surface area contributed by atoms with E-state index in [9.17, 15) is 9.59 Å². The van der Waals surface area contributed by atoms with Gasteiger partial charge < -0.3 is 10.4 Å². The number of urea groups is 1. The average molecular weight is 242 g/mol. The normalized spacial score (nSPS) is 16.5. The summed E-state index contributed by atoms with van der Waals surface area (Å²) in [4.78, 5) is 22.3. The highest BCUT2D eigenvalue weighted by Crippen LogP contribution is 2.32. The van der Waals surface area contributed by atoms with Gasteiger partial charge in [0, 0.05) is 11.5 Å². The number of carboxylic acid groups (broad SMARTS) is 1. The van der Waals surface area contributed by atoms with Crippen molar-refractivity contribution in [1.82, 2.24) is 14.9 Å². The largest absolute Gasteiger partial charge is 0.480 e. The van der Waals surface area contributed by atoms with Crippen LogP contribution in [-0.4, -0.2) is 32.7 Å². The zero-order chi connectivity index (χ0) is 11.5. The molecule has 1 saturated carbocycles. The topological polar surface area (TPSA) is 104 Å². The molecule has 8 heteroatoms. The maximum Gasteiger partial charge on any atom is 0.326 e. The second kappa shape index (κ2) is 4.44. The van der Waals surface area contributed by atoms with Crippen molar-refractivity contribution in [3.8, 4) is 0 Å². The third-order valence-corrected chi connectivity index (χ3v) is 2.82. The van der Waals surface area contributed by atoms with E-state index in [1.165, 1.54) is 6.20 Å². The van der Waals surface area contributed by atoms with Gasteiger partial charge in [-0.3, -0.25) is 5.32 Å². The van der Waals surface area contributed by atoms with Crippen molar-refractivity contribution in [1.29, 1.82) is 0 Å². The molecule has 0 aromatic carbocycles. The number of aromatic nitrogens is 2. The number of hydrogen-bond donors (Lipinski definition) is 3. The van der Waals surface area contributed by atoms with E-state index in [-0.39, 0.29) is 5.92 Å². The Morgan fingerprint density at radius 3 is 2.81 bits per heavy atom. The van der Waals surface area contributed by atoms with E-state index >= 15 is 0 Å². The Hall–Kier alpha value is -1.70. The maximum absolute atomic E-state index is 11.4. The van der Waals surface area contributed by atoms with E-state index < -0.39 is 18.0 Å². The summed E-state index contributed by atoms with van der Waals surface area (Å²) in [6.45, 7) is 0. The van der Waals surface area contributed by atoms with Crippen LogP contribution in [-0.2, 0) is 4.79 Å². The van der Waals surface area contributed by atoms with Gasteiger partial charge >= 0.3 is 12.0 Å². The summed E-state index contributed by atoms with van der Waals surface area (Å²) in [5, 5.41) is 17.8. The van der Waals surface area contributed by atoms with Gasteiger partial charge in [-0.05, 0) is 18.8 Å². The zero-order valence-electron chi connectivity index (χ0n) is 8.21. The predicted octanol–water partition coefficient (Wildman–Crippen LogP) is 0.523. The molecule has 0 aliphatic heterocycles. The highest BCUT2D eigenvalue weighted by atomic mass is 32.1. The molecule has 0 spiro atoms. The van der Waals surface area contributed by atoms with Gasteiger partial charge in [-0.25, -0.2) is 9.59 Å². The number of amides is 2. The summed E-state index contributed by atoms with van der Waals surface area (Å²) in [5.74, 6) is -0.942. The Kier molecular flexibility index (Phi) is 3.00. The molecule has 0 bridgehead atoms. The number of nitrogens with zero attached hydrogens (tertiary/aromatic N) is 2. The molecule has 7 nitrogen and oxygen atoms in total. The number of anilines is 1. The number of nitrogens with one attached hydrogen (secondary N) is 2. The van der Waals surface area contributed by atoms with Gasteiger partial charge in [-0.2, -0.15) is 0 Å². The van der Waals surface area contributed by atoms with E-state index in [4.69, 9.17) is 5.11 Å². The first-order chi connectivity index (χ1) is 7.66. The molecule has 1 heterocycles. The van der Waals surface area contributed by atoms with Gasteiger partial charge in [0.2, 0.25) is 0 Å². The molecule has 2 rings (SSSR count). The van der Waals surface area contributed by atoms with Crippen molar-refractivity contribution in [3.63, 3.8) is 0 Å². The monoisotopic (exact) mass is 242 g/mol. The molecule has 0 radical (unpaired) electrons. The van der Waals surface area contributed by atoms with Gasteiger partial charge in [0.25, 0.3) is 0 Å². The van der Waals surface area contributed by atoms with Crippen molar-refractivity contribution in [2.24, 2.45) is 5.92 Å². The first-order valence-electron chi connectivity index (χ1n) is 4.74. The minimum Gasteiger partial charge on any atom is -0.480 e. The minimum absolute atomic E-state index is 0.0582. The summed E-state index contributed by atoms with van der Waals surface area (Å²) >= 11 is 1.03. The molecule has 1 aromatic rings. The van der Waals surface area contributed by atoms with Crippen LogP contribution in [0.4, 0.5) is 9.80 Å². The van der Waals surface area contributed by atoms with Crippen LogP contribution in [0.2, 0.25) is 0 Å². The van der Waals surface area contributed by atoms with Gasteiger partial charge in [0.05, 0.1) is 6.20 Å². The van der Waals surface area contributed by atoms with Crippen LogP contribution in [0, 0.1) is 5.92 Å². The van der Waals surface area contributed by atoms with Crippen molar-refractivity contribution < 1.29 is 14.7 Å². The molecule has 86 valence electrons. The van der Waals surface area contributed by atoms with Crippen molar-refractivity contribution in [2.75, 3.05) is 5.32 Å². The smallest absolute Gasteiger partial charge is 0.326 e. The molecule has 1 aliphatic carbocycles. The van der Waals surface area contributed by atoms with E-state index in [0.717, 1.165) is 24.4 Å². The molecule has 16 heavy (non-hydrogen) atoms. The molecule has 1 aliphatic rings. The number of carboxylic acids is 1. The minimum atomic E-state index is -1.000. The molecule has 1 unspecified atom stereocenters. The van der Waals surface area contributed by atoms with Crippen molar-refractivity contribution >= 4 is 28.5 Å². The standard InChI is InChI=1S/C8H10N4O3S/c13-7(14)6(4-1-2-4)11-8(15)10-5-3-9-12-16-5/h3-4,6H,1-2H2,(H,13,14)(H2,10,11,15). The molecule has 1 fully saturated rings. The van der Waals surface area contributed by atoms with Crippen LogP contribution < -0.4 is 10.6 Å². The lowest BCUT2D eigenvalue weighted by Gasteiger charge is -2.13. The summed E-state index contributed by atoms with van der Waals surface area (Å²) in [5.41, 5.74) is 0. The summed E-state index contributed by atoms with van der Waals surface area (Å²) in [6.07, 6.45) is 3.09. The lowest BCUT2D eigenvalue weighted by Crippen LogP contribution is -2.44. The lowest BCUT2D eigenvalue weighted by atomic mass is 10.2. The van der Waals surface area contributed by atoms with Crippen molar-refractivity contribution in [3.05, 3.63) is 6.20 Å². The highest BCUT2D eigenvalue weighted by molar-refractivity contribution is 7.10. The van der Waals surface area contributed by atoms with E-state index in [1.807, 2.05) is 0 Å².